The van der Waals surface area contributed by atoms with Gasteiger partial charge in [0, 0.05) is 62.2 Å². The van der Waals surface area contributed by atoms with Crippen LogP contribution in [-0.2, 0) is 0 Å². The summed E-state index contributed by atoms with van der Waals surface area (Å²) in [7, 11) is 0. The van der Waals surface area contributed by atoms with E-state index in [1.165, 1.54) is 0 Å². The first-order chi connectivity index (χ1) is 15.7. The van der Waals surface area contributed by atoms with E-state index in [0.29, 0.717) is 43.5 Å². The molecule has 0 unspecified atom stereocenters. The fourth-order valence-electron chi connectivity index (χ4n) is 3.67. The summed E-state index contributed by atoms with van der Waals surface area (Å²) in [5, 5.41) is 12.6. The van der Waals surface area contributed by atoms with Crippen molar-refractivity contribution in [3.05, 3.63) is 72.4 Å². The molecule has 0 spiro atoms. The minimum atomic E-state index is 0.0135. The van der Waals surface area contributed by atoms with Gasteiger partial charge in [0.2, 0.25) is 11.7 Å². The van der Waals surface area contributed by atoms with Crippen molar-refractivity contribution >= 4 is 11.7 Å². The van der Waals surface area contributed by atoms with Gasteiger partial charge in [-0.2, -0.15) is 4.98 Å². The Kier molecular flexibility index (Phi) is 5.29. The zero-order chi connectivity index (χ0) is 21.9. The molecule has 1 saturated heterocycles. The van der Waals surface area contributed by atoms with E-state index in [9.17, 15) is 4.79 Å². The molecule has 0 aliphatic carbocycles. The third-order valence-electron chi connectivity index (χ3n) is 5.44. The normalized spacial score (nSPS) is 13.9. The Labute approximate surface area is 184 Å². The summed E-state index contributed by atoms with van der Waals surface area (Å²) in [6.07, 6.45) is 3.47. The van der Waals surface area contributed by atoms with Crippen LogP contribution in [0.1, 0.15) is 16.2 Å². The molecule has 1 aromatic carbocycles. The van der Waals surface area contributed by atoms with Crippen molar-refractivity contribution in [1.82, 2.24) is 30.2 Å². The highest BCUT2D eigenvalue weighted by atomic mass is 16.5. The molecule has 1 fully saturated rings. The molecule has 9 nitrogen and oxygen atoms in total. The fourth-order valence-corrected chi connectivity index (χ4v) is 3.67. The van der Waals surface area contributed by atoms with Crippen LogP contribution < -0.4 is 4.90 Å². The number of benzene rings is 1. The monoisotopic (exact) mass is 427 g/mol. The number of piperazine rings is 1. The summed E-state index contributed by atoms with van der Waals surface area (Å²) in [5.41, 5.74) is 3.25. The Morgan fingerprint density at radius 1 is 0.875 bits per heavy atom. The lowest BCUT2D eigenvalue weighted by molar-refractivity contribution is 0.0746. The number of rotatable bonds is 4. The Morgan fingerprint density at radius 3 is 2.25 bits per heavy atom. The predicted molar refractivity (Wildman–Crippen MR) is 118 cm³/mol. The first-order valence-electron chi connectivity index (χ1n) is 10.4. The Morgan fingerprint density at radius 2 is 1.62 bits per heavy atom. The van der Waals surface area contributed by atoms with Crippen molar-refractivity contribution in [1.29, 1.82) is 0 Å². The highest BCUT2D eigenvalue weighted by Gasteiger charge is 2.23. The molecular formula is C23H21N7O2. The van der Waals surface area contributed by atoms with Crippen LogP contribution in [0.5, 0.6) is 0 Å². The third kappa shape index (κ3) is 4.04. The molecule has 4 aromatic rings. The van der Waals surface area contributed by atoms with Crippen molar-refractivity contribution in [3.8, 4) is 22.6 Å². The number of hydrogen-bond donors (Lipinski definition) is 0. The van der Waals surface area contributed by atoms with Gasteiger partial charge >= 0.3 is 0 Å². The number of anilines is 1. The van der Waals surface area contributed by atoms with Crippen LogP contribution in [0.2, 0.25) is 0 Å². The van der Waals surface area contributed by atoms with Gasteiger partial charge in [-0.05, 0) is 36.4 Å². The summed E-state index contributed by atoms with van der Waals surface area (Å²) < 4.78 is 5.01. The van der Waals surface area contributed by atoms with Crippen LogP contribution in [0, 0.1) is 6.92 Å². The lowest BCUT2D eigenvalue weighted by atomic mass is 10.1. The quantitative estimate of drug-likeness (QED) is 0.490. The molecule has 4 heterocycles. The standard InChI is InChI=1S/C23H21N7O2/c1-16-25-22(28-32-16)18-2-4-19(5-3-18)23(31)30-14-12-29(13-15-30)21-7-6-20(26-27-21)17-8-10-24-11-9-17/h2-11H,12-15H2,1H3. The van der Waals surface area contributed by atoms with Crippen molar-refractivity contribution in [2.45, 2.75) is 6.92 Å². The number of aromatic nitrogens is 5. The maximum atomic E-state index is 12.9. The van der Waals surface area contributed by atoms with E-state index in [1.54, 1.807) is 31.5 Å². The molecule has 1 aliphatic rings. The van der Waals surface area contributed by atoms with Gasteiger partial charge in [0.25, 0.3) is 5.91 Å². The third-order valence-corrected chi connectivity index (χ3v) is 5.44. The van der Waals surface area contributed by atoms with Crippen molar-refractivity contribution in [2.75, 3.05) is 31.1 Å². The minimum Gasteiger partial charge on any atom is -0.352 e. The van der Waals surface area contributed by atoms with Crippen LogP contribution in [0.25, 0.3) is 22.6 Å². The van der Waals surface area contributed by atoms with Gasteiger partial charge in [-0.25, -0.2) is 0 Å². The lowest BCUT2D eigenvalue weighted by Crippen LogP contribution is -2.49. The molecule has 32 heavy (non-hydrogen) atoms. The van der Waals surface area contributed by atoms with Gasteiger partial charge in [-0.15, -0.1) is 10.2 Å². The summed E-state index contributed by atoms with van der Waals surface area (Å²) in [4.78, 5) is 25.2. The molecule has 0 N–H and O–H groups in total. The van der Waals surface area contributed by atoms with Crippen molar-refractivity contribution in [3.63, 3.8) is 0 Å². The number of nitrogens with zero attached hydrogens (tertiary/aromatic N) is 7. The zero-order valence-corrected chi connectivity index (χ0v) is 17.5. The van der Waals surface area contributed by atoms with Crippen LogP contribution in [0.4, 0.5) is 5.82 Å². The minimum absolute atomic E-state index is 0.0135. The van der Waals surface area contributed by atoms with Gasteiger partial charge in [0.05, 0.1) is 5.69 Å². The Balaban J connectivity index is 1.20. The average molecular weight is 427 g/mol. The maximum Gasteiger partial charge on any atom is 0.253 e. The Bertz CT molecular complexity index is 1200. The van der Waals surface area contributed by atoms with Gasteiger partial charge in [-0.3, -0.25) is 9.78 Å². The molecular weight excluding hydrogens is 406 g/mol. The highest BCUT2D eigenvalue weighted by molar-refractivity contribution is 5.94. The van der Waals surface area contributed by atoms with Crippen molar-refractivity contribution in [2.24, 2.45) is 0 Å². The number of pyridine rings is 1. The Hall–Kier alpha value is -4.14. The number of hydrogen-bond acceptors (Lipinski definition) is 8. The second-order valence-corrected chi connectivity index (χ2v) is 7.51. The number of aryl methyl sites for hydroxylation is 1. The molecule has 0 radical (unpaired) electrons. The summed E-state index contributed by atoms with van der Waals surface area (Å²) >= 11 is 0. The molecule has 160 valence electrons. The van der Waals surface area contributed by atoms with Gasteiger partial charge in [-0.1, -0.05) is 17.3 Å². The number of amides is 1. The van der Waals surface area contributed by atoms with E-state index in [-0.39, 0.29) is 5.91 Å². The number of carbonyl (C=O) groups is 1. The van der Waals surface area contributed by atoms with E-state index < -0.39 is 0 Å². The fraction of sp³-hybridized carbons (Fsp3) is 0.217. The predicted octanol–water partition coefficient (Wildman–Crippen LogP) is 2.86. The topological polar surface area (TPSA) is 101 Å². The summed E-state index contributed by atoms with van der Waals surface area (Å²) in [5.74, 6) is 1.86. The second-order valence-electron chi connectivity index (χ2n) is 7.51. The van der Waals surface area contributed by atoms with Gasteiger partial charge in [0.15, 0.2) is 5.82 Å². The van der Waals surface area contributed by atoms with E-state index in [1.807, 2.05) is 41.3 Å². The first kappa shape index (κ1) is 19.8. The van der Waals surface area contributed by atoms with Crippen LogP contribution >= 0.6 is 0 Å². The maximum absolute atomic E-state index is 12.9. The van der Waals surface area contributed by atoms with E-state index >= 15 is 0 Å². The molecule has 0 bridgehead atoms. The molecule has 0 atom stereocenters. The molecule has 5 rings (SSSR count). The first-order valence-corrected chi connectivity index (χ1v) is 10.4. The number of carbonyl (C=O) groups excluding carboxylic acids is 1. The van der Waals surface area contributed by atoms with Gasteiger partial charge < -0.3 is 14.3 Å². The van der Waals surface area contributed by atoms with E-state index in [2.05, 4.69) is 30.2 Å². The van der Waals surface area contributed by atoms with E-state index in [0.717, 1.165) is 22.6 Å². The zero-order valence-electron chi connectivity index (χ0n) is 17.5. The molecule has 1 amide bonds. The summed E-state index contributed by atoms with van der Waals surface area (Å²) in [6.45, 7) is 4.40. The molecule has 0 saturated carbocycles. The highest BCUT2D eigenvalue weighted by Crippen LogP contribution is 2.20. The van der Waals surface area contributed by atoms with Crippen LogP contribution in [0.3, 0.4) is 0 Å². The van der Waals surface area contributed by atoms with Crippen LogP contribution in [-0.4, -0.2) is 62.3 Å². The van der Waals surface area contributed by atoms with Crippen molar-refractivity contribution < 1.29 is 9.32 Å². The smallest absolute Gasteiger partial charge is 0.253 e. The SMILES string of the molecule is Cc1nc(-c2ccc(C(=O)N3CCN(c4ccc(-c5ccncc5)nn4)CC3)cc2)no1. The van der Waals surface area contributed by atoms with E-state index in [4.69, 9.17) is 4.52 Å². The largest absolute Gasteiger partial charge is 0.352 e. The molecule has 3 aromatic heterocycles. The average Bonchev–Trinajstić information content (AvgIpc) is 3.31. The molecule has 1 aliphatic heterocycles. The van der Waals surface area contributed by atoms with Crippen LogP contribution in [0.15, 0.2) is 65.4 Å². The van der Waals surface area contributed by atoms with Gasteiger partial charge in [0.1, 0.15) is 0 Å². The summed E-state index contributed by atoms with van der Waals surface area (Å²) in [6, 6.07) is 15.0. The lowest BCUT2D eigenvalue weighted by Gasteiger charge is -2.35. The second kappa shape index (κ2) is 8.54. The molecule has 9 heteroatoms.